The fraction of sp³-hybridized carbons (Fsp3) is 0.333. The van der Waals surface area contributed by atoms with Crippen LogP contribution in [0.1, 0.15) is 5.69 Å². The molecule has 1 N–H and O–H groups in total. The molecule has 1 unspecified atom stereocenters. The number of rotatable bonds is 2. The molecular formula is C6H8NO2S2. The summed E-state index contributed by atoms with van der Waals surface area (Å²) in [7, 11) is -0.949. The zero-order chi connectivity index (χ0) is 8.27. The number of carboxylic acid groups (broad SMARTS) is 1. The Morgan fingerprint density at radius 3 is 3.18 bits per heavy atom. The van der Waals surface area contributed by atoms with Crippen LogP contribution in [0.2, 0.25) is 0 Å². The lowest BCUT2D eigenvalue weighted by Crippen LogP contribution is -1.96. The Labute approximate surface area is 71.4 Å². The highest BCUT2D eigenvalue weighted by Gasteiger charge is 2.07. The maximum absolute atomic E-state index is 10.4. The second kappa shape index (κ2) is 3.73. The quantitative estimate of drug-likeness (QED) is 0.698. The lowest BCUT2D eigenvalue weighted by Gasteiger charge is -2.06. The fourth-order valence-electron chi connectivity index (χ4n) is 0.589. The predicted molar refractivity (Wildman–Crippen MR) is 47.6 cm³/mol. The highest BCUT2D eigenvalue weighted by Crippen LogP contribution is 2.25. The molecule has 1 rings (SSSR count). The van der Waals surface area contributed by atoms with Crippen LogP contribution in [-0.4, -0.2) is 21.6 Å². The van der Waals surface area contributed by atoms with Crippen LogP contribution in [-0.2, 0) is 5.75 Å². The van der Waals surface area contributed by atoms with Crippen LogP contribution in [0.15, 0.2) is 5.38 Å². The molecule has 1 aromatic heterocycles. The molecule has 1 atom stereocenters. The van der Waals surface area contributed by atoms with Crippen molar-refractivity contribution in [2.75, 3.05) is 6.26 Å². The molecule has 61 valence electrons. The minimum Gasteiger partial charge on any atom is -0.474 e. The first-order valence-electron chi connectivity index (χ1n) is 2.94. The van der Waals surface area contributed by atoms with Crippen LogP contribution in [0.25, 0.3) is 0 Å². The zero-order valence-electron chi connectivity index (χ0n) is 5.94. The Morgan fingerprint density at radius 1 is 2.00 bits per heavy atom. The number of thiol groups is 1. The molecule has 0 aliphatic rings. The lowest BCUT2D eigenvalue weighted by molar-refractivity contribution is 0.221. The number of aromatic nitrogens is 1. The lowest BCUT2D eigenvalue weighted by atomic mass is 10.6. The number of thiazole rings is 1. The molecule has 3 nitrogen and oxygen atoms in total. The van der Waals surface area contributed by atoms with Gasteiger partial charge in [-0.1, -0.05) is 0 Å². The van der Waals surface area contributed by atoms with Gasteiger partial charge in [0, 0.05) is 11.1 Å². The van der Waals surface area contributed by atoms with Crippen LogP contribution in [0.3, 0.4) is 0 Å². The van der Waals surface area contributed by atoms with Gasteiger partial charge in [0.05, 0.1) is 5.69 Å². The van der Waals surface area contributed by atoms with E-state index in [-0.39, 0.29) is 0 Å². The van der Waals surface area contributed by atoms with Crippen LogP contribution in [0, 0.1) is 5.51 Å². The van der Waals surface area contributed by atoms with Crippen LogP contribution < -0.4 is 0 Å². The van der Waals surface area contributed by atoms with Gasteiger partial charge in [-0.25, -0.2) is 9.78 Å². The Bertz CT molecular complexity index is 235. The van der Waals surface area contributed by atoms with Gasteiger partial charge in [-0.15, -0.1) is 11.3 Å². The van der Waals surface area contributed by atoms with Crippen molar-refractivity contribution >= 4 is 27.5 Å². The molecule has 1 radical (unpaired) electrons. The maximum Gasteiger partial charge on any atom is 0.344 e. The molecule has 11 heavy (non-hydrogen) atoms. The molecule has 0 amide bonds. The normalized spacial score (nSPS) is 14.5. The van der Waals surface area contributed by atoms with Crippen molar-refractivity contribution in [2.24, 2.45) is 0 Å². The molecule has 0 saturated carbocycles. The molecule has 0 aliphatic carbocycles. The summed E-state index contributed by atoms with van der Waals surface area (Å²) in [5.74, 6) is 0.560. The molecule has 0 saturated heterocycles. The second-order valence-electron chi connectivity index (χ2n) is 2.07. The van der Waals surface area contributed by atoms with Crippen molar-refractivity contribution < 1.29 is 9.90 Å². The summed E-state index contributed by atoms with van der Waals surface area (Å²) in [4.78, 5) is 14.3. The molecule has 5 heteroatoms. The Hall–Kier alpha value is -0.550. The first kappa shape index (κ1) is 8.55. The Morgan fingerprint density at radius 2 is 2.73 bits per heavy atom. The van der Waals surface area contributed by atoms with E-state index in [1.54, 1.807) is 6.26 Å². The zero-order valence-corrected chi connectivity index (χ0v) is 7.65. The third-order valence-corrected chi connectivity index (χ3v) is 3.20. The van der Waals surface area contributed by atoms with E-state index in [0.29, 0.717) is 5.75 Å². The summed E-state index contributed by atoms with van der Waals surface area (Å²) >= 11 is 1.37. The average Bonchev–Trinajstić information content (AvgIpc) is 2.39. The van der Waals surface area contributed by atoms with Gasteiger partial charge in [-0.2, -0.15) is 10.9 Å². The van der Waals surface area contributed by atoms with E-state index < -0.39 is 16.2 Å². The van der Waals surface area contributed by atoms with E-state index in [2.05, 4.69) is 10.5 Å². The van der Waals surface area contributed by atoms with Crippen LogP contribution in [0.5, 0.6) is 0 Å². The summed E-state index contributed by atoms with van der Waals surface area (Å²) < 4.78 is 0. The van der Waals surface area contributed by atoms with Gasteiger partial charge in [0.15, 0.2) is 5.51 Å². The summed E-state index contributed by atoms with van der Waals surface area (Å²) in [6.07, 6.45) is 1.73. The van der Waals surface area contributed by atoms with Gasteiger partial charge < -0.3 is 5.11 Å². The molecular weight excluding hydrogens is 182 g/mol. The largest absolute Gasteiger partial charge is 0.474 e. The van der Waals surface area contributed by atoms with E-state index in [0.717, 1.165) is 5.69 Å². The minimum absolute atomic E-state index is 0.560. The van der Waals surface area contributed by atoms with E-state index in [9.17, 15) is 4.79 Å². The molecule has 0 aliphatic heterocycles. The minimum atomic E-state index is -0.949. The average molecular weight is 190 g/mol. The third-order valence-electron chi connectivity index (χ3n) is 1.16. The van der Waals surface area contributed by atoms with E-state index in [1.165, 1.54) is 11.3 Å². The van der Waals surface area contributed by atoms with Gasteiger partial charge in [-0.05, 0) is 6.26 Å². The molecule has 0 fully saturated rings. The summed E-state index contributed by atoms with van der Waals surface area (Å²) in [6.45, 7) is 0. The van der Waals surface area contributed by atoms with Gasteiger partial charge in [0.2, 0.25) is 0 Å². The van der Waals surface area contributed by atoms with Crippen LogP contribution in [0.4, 0.5) is 4.79 Å². The van der Waals surface area contributed by atoms with Crippen molar-refractivity contribution in [2.45, 2.75) is 5.75 Å². The van der Waals surface area contributed by atoms with Crippen molar-refractivity contribution in [1.82, 2.24) is 4.98 Å². The highest BCUT2D eigenvalue weighted by atomic mass is 32.2. The highest BCUT2D eigenvalue weighted by molar-refractivity contribution is 8.28. The number of hydrogen-bond donors (Lipinski definition) is 2. The first-order valence-corrected chi connectivity index (χ1v) is 5.80. The molecule has 1 aromatic rings. The van der Waals surface area contributed by atoms with E-state index >= 15 is 0 Å². The topological polar surface area (TPSA) is 50.2 Å². The smallest absolute Gasteiger partial charge is 0.344 e. The van der Waals surface area contributed by atoms with Gasteiger partial charge in [0.25, 0.3) is 0 Å². The monoisotopic (exact) mass is 190 g/mol. The van der Waals surface area contributed by atoms with Crippen LogP contribution >= 0.6 is 22.2 Å². The van der Waals surface area contributed by atoms with Crippen molar-refractivity contribution in [3.63, 3.8) is 0 Å². The predicted octanol–water partition coefficient (Wildman–Crippen LogP) is 1.75. The van der Waals surface area contributed by atoms with Crippen molar-refractivity contribution in [3.05, 3.63) is 16.6 Å². The van der Waals surface area contributed by atoms with E-state index in [1.807, 2.05) is 5.38 Å². The standard InChI is InChI=1S/C6H8NO2S2/c1-11(6(8)9)3-5-2-10-4-7-5/h2,11H,3H2,1H3,(H,8,9). The Balaban J connectivity index is 2.50. The second-order valence-corrected chi connectivity index (χ2v) is 4.82. The van der Waals surface area contributed by atoms with Crippen molar-refractivity contribution in [3.8, 4) is 0 Å². The number of nitrogens with zero attached hydrogens (tertiary/aromatic N) is 1. The van der Waals surface area contributed by atoms with Gasteiger partial charge in [0.1, 0.15) is 0 Å². The van der Waals surface area contributed by atoms with Gasteiger partial charge in [-0.3, -0.25) is 0 Å². The van der Waals surface area contributed by atoms with E-state index in [4.69, 9.17) is 5.11 Å². The molecule has 0 spiro atoms. The molecule has 0 aromatic carbocycles. The van der Waals surface area contributed by atoms with Gasteiger partial charge >= 0.3 is 5.30 Å². The summed E-state index contributed by atoms with van der Waals surface area (Å²) in [6, 6.07) is 0. The SMILES string of the molecule is C[SH](Cc1cs[c]n1)C(=O)O. The summed E-state index contributed by atoms with van der Waals surface area (Å²) in [5.41, 5.74) is 3.52. The number of hydrogen-bond acceptors (Lipinski definition) is 3. The maximum atomic E-state index is 10.4. The fourth-order valence-corrected chi connectivity index (χ4v) is 1.99. The third kappa shape index (κ3) is 2.51. The molecule has 1 heterocycles. The van der Waals surface area contributed by atoms with Crippen molar-refractivity contribution in [1.29, 1.82) is 0 Å². The number of carbonyl (C=O) groups is 1. The summed E-state index contributed by atoms with van der Waals surface area (Å²) in [5, 5.41) is 9.70. The Kier molecular flexibility index (Phi) is 2.90. The molecule has 0 bridgehead atoms. The first-order chi connectivity index (χ1) is 5.20.